The van der Waals surface area contributed by atoms with Gasteiger partial charge in [-0.25, -0.2) is 9.50 Å². The van der Waals surface area contributed by atoms with E-state index in [1.165, 1.54) is 0 Å². The topological polar surface area (TPSA) is 68.5 Å². The number of hydrogen-bond donors (Lipinski definition) is 1. The average molecular weight is 407 g/mol. The lowest BCUT2D eigenvalue weighted by Gasteiger charge is -2.09. The number of methoxy groups -OCH3 is 1. The fourth-order valence-corrected chi connectivity index (χ4v) is 3.36. The lowest BCUT2D eigenvalue weighted by atomic mass is 10.1. The Morgan fingerprint density at radius 3 is 2.55 bits per heavy atom. The molecule has 0 aliphatic heterocycles. The van der Waals surface area contributed by atoms with Gasteiger partial charge in [-0.2, -0.15) is 5.10 Å². The summed E-state index contributed by atoms with van der Waals surface area (Å²) in [6.45, 7) is 2.18. The van der Waals surface area contributed by atoms with E-state index in [2.05, 4.69) is 15.4 Å². The average Bonchev–Trinajstić information content (AvgIpc) is 3.09. The van der Waals surface area contributed by atoms with Gasteiger partial charge in [0.25, 0.3) is 5.91 Å². The second-order valence-corrected chi connectivity index (χ2v) is 7.01. The van der Waals surface area contributed by atoms with Crippen LogP contribution in [0.4, 0.5) is 5.69 Å². The maximum atomic E-state index is 12.8. The first-order valence-electron chi connectivity index (χ1n) is 9.07. The van der Waals surface area contributed by atoms with Gasteiger partial charge in [0.05, 0.1) is 29.1 Å². The molecule has 0 atom stereocenters. The third-order valence-corrected chi connectivity index (χ3v) is 4.90. The minimum atomic E-state index is -0.236. The number of amides is 1. The van der Waals surface area contributed by atoms with Gasteiger partial charge in [0.1, 0.15) is 0 Å². The lowest BCUT2D eigenvalue weighted by molar-refractivity contribution is 0.102. The smallest absolute Gasteiger partial charge is 0.259 e. The van der Waals surface area contributed by atoms with E-state index in [0.29, 0.717) is 28.5 Å². The third kappa shape index (κ3) is 3.72. The number of carbonyl (C=O) groups is 1. The summed E-state index contributed by atoms with van der Waals surface area (Å²) in [5.41, 5.74) is 5.07. The first kappa shape index (κ1) is 19.1. The number of hydrogen-bond acceptors (Lipinski definition) is 4. The highest BCUT2D eigenvalue weighted by atomic mass is 35.5. The Morgan fingerprint density at radius 1 is 1.14 bits per heavy atom. The SMILES string of the molecule is COCc1nn2c(C)c(C(=O)Nc3ccccc3)cnc2c1-c1ccc(Cl)cc1. The van der Waals surface area contributed by atoms with Gasteiger partial charge in [-0.15, -0.1) is 0 Å². The molecule has 146 valence electrons. The Morgan fingerprint density at radius 2 is 1.86 bits per heavy atom. The second-order valence-electron chi connectivity index (χ2n) is 6.57. The largest absolute Gasteiger partial charge is 0.378 e. The number of carbonyl (C=O) groups excluding carboxylic acids is 1. The lowest BCUT2D eigenvalue weighted by Crippen LogP contribution is -2.16. The van der Waals surface area contributed by atoms with Crippen molar-refractivity contribution in [3.63, 3.8) is 0 Å². The number of anilines is 1. The molecule has 2 aromatic heterocycles. The van der Waals surface area contributed by atoms with E-state index in [9.17, 15) is 4.79 Å². The molecule has 2 aromatic carbocycles. The van der Waals surface area contributed by atoms with Crippen LogP contribution in [-0.2, 0) is 11.3 Å². The highest BCUT2D eigenvalue weighted by molar-refractivity contribution is 6.30. The van der Waals surface area contributed by atoms with Crippen molar-refractivity contribution < 1.29 is 9.53 Å². The van der Waals surface area contributed by atoms with Crippen LogP contribution < -0.4 is 5.32 Å². The minimum absolute atomic E-state index is 0.236. The zero-order chi connectivity index (χ0) is 20.4. The summed E-state index contributed by atoms with van der Waals surface area (Å²) in [6.07, 6.45) is 1.58. The Bertz CT molecular complexity index is 1170. The van der Waals surface area contributed by atoms with Crippen molar-refractivity contribution in [3.05, 3.63) is 82.8 Å². The number of nitrogens with zero attached hydrogens (tertiary/aromatic N) is 3. The van der Waals surface area contributed by atoms with Crippen LogP contribution in [0.3, 0.4) is 0 Å². The normalized spacial score (nSPS) is 11.0. The summed E-state index contributed by atoms with van der Waals surface area (Å²) in [4.78, 5) is 17.3. The molecule has 2 heterocycles. The van der Waals surface area contributed by atoms with Gasteiger partial charge in [-0.1, -0.05) is 41.9 Å². The van der Waals surface area contributed by atoms with Gasteiger partial charge in [-0.3, -0.25) is 4.79 Å². The minimum Gasteiger partial charge on any atom is -0.378 e. The van der Waals surface area contributed by atoms with Crippen molar-refractivity contribution in [2.24, 2.45) is 0 Å². The monoisotopic (exact) mass is 406 g/mol. The van der Waals surface area contributed by atoms with E-state index >= 15 is 0 Å². The quantitative estimate of drug-likeness (QED) is 0.519. The number of aryl methyl sites for hydroxylation is 1. The summed E-state index contributed by atoms with van der Waals surface area (Å²) in [6, 6.07) is 16.8. The van der Waals surface area contributed by atoms with Crippen LogP contribution in [0.25, 0.3) is 16.8 Å². The third-order valence-electron chi connectivity index (χ3n) is 4.65. The number of nitrogens with one attached hydrogen (secondary N) is 1. The summed E-state index contributed by atoms with van der Waals surface area (Å²) in [5, 5.41) is 8.21. The number of fused-ring (bicyclic) bond motifs is 1. The van der Waals surface area contributed by atoms with Crippen molar-refractivity contribution in [3.8, 4) is 11.1 Å². The van der Waals surface area contributed by atoms with E-state index in [1.807, 2.05) is 61.5 Å². The molecular weight excluding hydrogens is 388 g/mol. The first-order chi connectivity index (χ1) is 14.1. The van der Waals surface area contributed by atoms with E-state index in [4.69, 9.17) is 16.3 Å². The fraction of sp³-hybridized carbons (Fsp3) is 0.136. The molecule has 6 nitrogen and oxygen atoms in total. The number of aromatic nitrogens is 3. The Balaban J connectivity index is 1.80. The van der Waals surface area contributed by atoms with E-state index in [0.717, 1.165) is 22.5 Å². The molecule has 0 fully saturated rings. The zero-order valence-electron chi connectivity index (χ0n) is 16.0. The van der Waals surface area contributed by atoms with Crippen molar-refractivity contribution in [2.75, 3.05) is 12.4 Å². The molecule has 4 rings (SSSR count). The number of halogens is 1. The summed E-state index contributed by atoms with van der Waals surface area (Å²) in [7, 11) is 1.62. The van der Waals surface area contributed by atoms with Crippen LogP contribution >= 0.6 is 11.6 Å². The van der Waals surface area contributed by atoms with Crippen molar-refractivity contribution in [1.82, 2.24) is 14.6 Å². The predicted molar refractivity (Wildman–Crippen MR) is 113 cm³/mol. The number of benzene rings is 2. The standard InChI is InChI=1S/C22H19ClN4O2/c1-14-18(22(28)25-17-6-4-3-5-7-17)12-24-21-20(15-8-10-16(23)11-9-15)19(13-29-2)26-27(14)21/h3-12H,13H2,1-2H3,(H,25,28). The molecule has 0 saturated heterocycles. The Hall–Kier alpha value is -3.22. The highest BCUT2D eigenvalue weighted by Crippen LogP contribution is 2.30. The van der Waals surface area contributed by atoms with Gasteiger partial charge in [0, 0.05) is 24.0 Å². The zero-order valence-corrected chi connectivity index (χ0v) is 16.8. The van der Waals surface area contributed by atoms with Crippen LogP contribution in [0.2, 0.25) is 5.02 Å². The first-order valence-corrected chi connectivity index (χ1v) is 9.44. The van der Waals surface area contributed by atoms with Crippen LogP contribution in [0.5, 0.6) is 0 Å². The Labute approximate surface area is 173 Å². The molecule has 1 amide bonds. The Kier molecular flexibility index (Phi) is 5.29. The van der Waals surface area contributed by atoms with E-state index < -0.39 is 0 Å². The van der Waals surface area contributed by atoms with Gasteiger partial charge in [-0.05, 0) is 36.8 Å². The van der Waals surface area contributed by atoms with Gasteiger partial charge < -0.3 is 10.1 Å². The van der Waals surface area contributed by atoms with Crippen LogP contribution in [-0.4, -0.2) is 27.6 Å². The molecule has 4 aromatic rings. The van der Waals surface area contributed by atoms with Gasteiger partial charge in [0.2, 0.25) is 0 Å². The molecule has 0 unspecified atom stereocenters. The molecule has 0 radical (unpaired) electrons. The molecule has 1 N–H and O–H groups in total. The number of ether oxygens (including phenoxy) is 1. The highest BCUT2D eigenvalue weighted by Gasteiger charge is 2.20. The number of para-hydroxylation sites is 1. The predicted octanol–water partition coefficient (Wildman–Crippen LogP) is 4.76. The van der Waals surface area contributed by atoms with Crippen molar-refractivity contribution in [1.29, 1.82) is 0 Å². The molecule has 0 bridgehead atoms. The maximum Gasteiger partial charge on any atom is 0.259 e. The second kappa shape index (κ2) is 8.03. The summed E-state index contributed by atoms with van der Waals surface area (Å²) in [5.74, 6) is -0.236. The molecular formula is C22H19ClN4O2. The van der Waals surface area contributed by atoms with E-state index in [1.54, 1.807) is 17.8 Å². The summed E-state index contributed by atoms with van der Waals surface area (Å²) < 4.78 is 7.02. The van der Waals surface area contributed by atoms with E-state index in [-0.39, 0.29) is 5.91 Å². The molecule has 0 saturated carbocycles. The molecule has 0 aliphatic carbocycles. The van der Waals surface area contributed by atoms with Crippen molar-refractivity contribution >= 4 is 28.8 Å². The fourth-order valence-electron chi connectivity index (χ4n) is 3.23. The van der Waals surface area contributed by atoms with Crippen molar-refractivity contribution in [2.45, 2.75) is 13.5 Å². The molecule has 29 heavy (non-hydrogen) atoms. The van der Waals surface area contributed by atoms with Gasteiger partial charge >= 0.3 is 0 Å². The van der Waals surface area contributed by atoms with Crippen LogP contribution in [0, 0.1) is 6.92 Å². The molecule has 0 spiro atoms. The maximum absolute atomic E-state index is 12.8. The molecule has 0 aliphatic rings. The van der Waals surface area contributed by atoms with Crippen LogP contribution in [0.1, 0.15) is 21.7 Å². The van der Waals surface area contributed by atoms with Crippen LogP contribution in [0.15, 0.2) is 60.8 Å². The number of rotatable bonds is 5. The molecule has 7 heteroatoms. The van der Waals surface area contributed by atoms with Gasteiger partial charge in [0.15, 0.2) is 5.65 Å². The summed E-state index contributed by atoms with van der Waals surface area (Å²) >= 11 is 6.03.